The fourth-order valence-corrected chi connectivity index (χ4v) is 1.59. The maximum absolute atomic E-state index is 12.2. The summed E-state index contributed by atoms with van der Waals surface area (Å²) in [6, 6.07) is 4.01. The fourth-order valence-electron chi connectivity index (χ4n) is 1.31. The van der Waals surface area contributed by atoms with Gasteiger partial charge in [0.1, 0.15) is 0 Å². The van der Waals surface area contributed by atoms with E-state index in [-0.39, 0.29) is 16.1 Å². The Morgan fingerprint density at radius 1 is 1.44 bits per heavy atom. The summed E-state index contributed by atoms with van der Waals surface area (Å²) in [6.45, 7) is 0. The van der Waals surface area contributed by atoms with Gasteiger partial charge in [0.2, 0.25) is 0 Å². The van der Waals surface area contributed by atoms with Crippen LogP contribution in [0.1, 0.15) is 15.9 Å². The Morgan fingerprint density at radius 2 is 2.06 bits per heavy atom. The zero-order valence-corrected chi connectivity index (χ0v) is 9.12. The Labute approximate surface area is 95.4 Å². The molecule has 1 amide bonds. The Morgan fingerprint density at radius 3 is 2.56 bits per heavy atom. The number of hydrogen-bond donors (Lipinski definition) is 1. The Bertz CT molecular complexity index is 404. The number of rotatable bonds is 2. The molecule has 1 aromatic rings. The van der Waals surface area contributed by atoms with Crippen molar-refractivity contribution in [2.24, 2.45) is 0 Å². The number of hydrogen-bond acceptors (Lipinski definition) is 1. The third-order valence-corrected chi connectivity index (χ3v) is 2.26. The molecule has 88 valence electrons. The standard InChI is InChI=1S/C10H9ClF3NO/c1-15-9(16)8-6(5-10(12,13)14)3-2-4-7(8)11/h2-4H,5H2,1H3,(H,15,16). The predicted octanol–water partition coefficient (Wildman–Crippen LogP) is 2.80. The lowest BCUT2D eigenvalue weighted by Crippen LogP contribution is -2.22. The van der Waals surface area contributed by atoms with E-state index in [4.69, 9.17) is 11.6 Å². The van der Waals surface area contributed by atoms with Crippen molar-refractivity contribution in [3.8, 4) is 0 Å². The van der Waals surface area contributed by atoms with E-state index in [0.717, 1.165) is 0 Å². The molecule has 1 rings (SSSR count). The Kier molecular flexibility index (Phi) is 3.80. The van der Waals surface area contributed by atoms with Gasteiger partial charge in [0, 0.05) is 7.05 Å². The minimum absolute atomic E-state index is 0.0149. The van der Waals surface area contributed by atoms with Crippen LogP contribution in [0.2, 0.25) is 5.02 Å². The molecule has 16 heavy (non-hydrogen) atoms. The fraction of sp³-hybridized carbons (Fsp3) is 0.300. The van der Waals surface area contributed by atoms with Gasteiger partial charge in [0.05, 0.1) is 17.0 Å². The van der Waals surface area contributed by atoms with Gasteiger partial charge < -0.3 is 5.32 Å². The second kappa shape index (κ2) is 4.74. The molecule has 0 bridgehead atoms. The van der Waals surface area contributed by atoms with Crippen molar-refractivity contribution in [2.75, 3.05) is 7.05 Å². The molecule has 0 heterocycles. The van der Waals surface area contributed by atoms with Gasteiger partial charge >= 0.3 is 6.18 Å². The van der Waals surface area contributed by atoms with Gasteiger partial charge in [-0.15, -0.1) is 0 Å². The second-order valence-corrected chi connectivity index (χ2v) is 3.55. The maximum Gasteiger partial charge on any atom is 0.393 e. The highest BCUT2D eigenvalue weighted by atomic mass is 35.5. The molecule has 0 aliphatic heterocycles. The number of amides is 1. The van der Waals surface area contributed by atoms with Gasteiger partial charge in [-0.05, 0) is 11.6 Å². The van der Waals surface area contributed by atoms with Crippen LogP contribution in [0.5, 0.6) is 0 Å². The van der Waals surface area contributed by atoms with E-state index in [0.29, 0.717) is 0 Å². The lowest BCUT2D eigenvalue weighted by atomic mass is 10.0. The maximum atomic E-state index is 12.2. The Hall–Kier alpha value is -1.23. The lowest BCUT2D eigenvalue weighted by Gasteiger charge is -2.12. The van der Waals surface area contributed by atoms with E-state index in [9.17, 15) is 18.0 Å². The molecular formula is C10H9ClF3NO. The summed E-state index contributed by atoms with van der Waals surface area (Å²) in [5.41, 5.74) is -0.247. The van der Waals surface area contributed by atoms with E-state index < -0.39 is 18.5 Å². The van der Waals surface area contributed by atoms with E-state index in [1.165, 1.54) is 25.2 Å². The molecule has 1 aromatic carbocycles. The van der Waals surface area contributed by atoms with Gasteiger partial charge in [-0.2, -0.15) is 13.2 Å². The first-order valence-electron chi connectivity index (χ1n) is 4.41. The molecule has 0 saturated heterocycles. The van der Waals surface area contributed by atoms with Gasteiger partial charge in [0.25, 0.3) is 5.91 Å². The smallest absolute Gasteiger partial charge is 0.355 e. The molecule has 1 N–H and O–H groups in total. The van der Waals surface area contributed by atoms with Crippen LogP contribution in [0.15, 0.2) is 18.2 Å². The molecule has 0 aromatic heterocycles. The number of benzene rings is 1. The molecule has 0 fully saturated rings. The first kappa shape index (κ1) is 12.8. The third-order valence-electron chi connectivity index (χ3n) is 1.94. The SMILES string of the molecule is CNC(=O)c1c(Cl)cccc1CC(F)(F)F. The monoisotopic (exact) mass is 251 g/mol. The summed E-state index contributed by atoms with van der Waals surface area (Å²) in [5.74, 6) is -0.621. The Balaban J connectivity index is 3.18. The molecular weight excluding hydrogens is 243 g/mol. The molecule has 0 aliphatic rings. The number of carbonyl (C=O) groups excluding carboxylic acids is 1. The number of halogens is 4. The van der Waals surface area contributed by atoms with Crippen LogP contribution in [-0.4, -0.2) is 19.1 Å². The van der Waals surface area contributed by atoms with Crippen LogP contribution < -0.4 is 5.32 Å². The van der Waals surface area contributed by atoms with E-state index in [2.05, 4.69) is 5.32 Å². The number of nitrogens with one attached hydrogen (secondary N) is 1. The van der Waals surface area contributed by atoms with Crippen LogP contribution in [-0.2, 0) is 6.42 Å². The minimum Gasteiger partial charge on any atom is -0.355 e. The van der Waals surface area contributed by atoms with Crippen LogP contribution in [0.4, 0.5) is 13.2 Å². The van der Waals surface area contributed by atoms with Crippen LogP contribution in [0.25, 0.3) is 0 Å². The molecule has 6 heteroatoms. The molecule has 0 spiro atoms. The van der Waals surface area contributed by atoms with Gasteiger partial charge in [-0.25, -0.2) is 0 Å². The summed E-state index contributed by atoms with van der Waals surface area (Å²) >= 11 is 5.70. The average molecular weight is 252 g/mol. The predicted molar refractivity (Wildman–Crippen MR) is 54.6 cm³/mol. The molecule has 0 radical (unpaired) electrons. The first-order chi connectivity index (χ1) is 7.35. The molecule has 0 unspecified atom stereocenters. The van der Waals surface area contributed by atoms with Crippen LogP contribution in [0, 0.1) is 0 Å². The van der Waals surface area contributed by atoms with Crippen molar-refractivity contribution in [2.45, 2.75) is 12.6 Å². The molecule has 0 aliphatic carbocycles. The zero-order valence-electron chi connectivity index (χ0n) is 8.36. The van der Waals surface area contributed by atoms with E-state index in [1.54, 1.807) is 0 Å². The van der Waals surface area contributed by atoms with E-state index >= 15 is 0 Å². The summed E-state index contributed by atoms with van der Waals surface area (Å²) in [6.07, 6.45) is -5.54. The molecule has 0 atom stereocenters. The summed E-state index contributed by atoms with van der Waals surface area (Å²) in [5, 5.41) is 2.27. The quantitative estimate of drug-likeness (QED) is 0.860. The van der Waals surface area contributed by atoms with Gasteiger partial charge in [-0.3, -0.25) is 4.79 Å². The number of alkyl halides is 3. The highest BCUT2D eigenvalue weighted by molar-refractivity contribution is 6.34. The van der Waals surface area contributed by atoms with Crippen molar-refractivity contribution in [3.05, 3.63) is 34.3 Å². The van der Waals surface area contributed by atoms with Crippen molar-refractivity contribution in [3.63, 3.8) is 0 Å². The lowest BCUT2D eigenvalue weighted by molar-refractivity contribution is -0.127. The molecule has 0 saturated carbocycles. The van der Waals surface area contributed by atoms with E-state index in [1.807, 2.05) is 0 Å². The minimum atomic E-state index is -4.37. The highest BCUT2D eigenvalue weighted by Gasteiger charge is 2.30. The average Bonchev–Trinajstić information content (AvgIpc) is 2.14. The largest absolute Gasteiger partial charge is 0.393 e. The third kappa shape index (κ3) is 3.13. The van der Waals surface area contributed by atoms with Gasteiger partial charge in [-0.1, -0.05) is 23.7 Å². The second-order valence-electron chi connectivity index (χ2n) is 3.15. The summed E-state index contributed by atoms with van der Waals surface area (Å²) in [7, 11) is 1.34. The van der Waals surface area contributed by atoms with Crippen LogP contribution in [0.3, 0.4) is 0 Å². The summed E-state index contributed by atoms with van der Waals surface area (Å²) in [4.78, 5) is 11.4. The summed E-state index contributed by atoms with van der Waals surface area (Å²) < 4.78 is 36.7. The zero-order chi connectivity index (χ0) is 12.3. The van der Waals surface area contributed by atoms with Crippen molar-refractivity contribution < 1.29 is 18.0 Å². The topological polar surface area (TPSA) is 29.1 Å². The highest BCUT2D eigenvalue weighted by Crippen LogP contribution is 2.27. The van der Waals surface area contributed by atoms with Crippen molar-refractivity contribution >= 4 is 17.5 Å². The molecule has 2 nitrogen and oxygen atoms in total. The van der Waals surface area contributed by atoms with Crippen molar-refractivity contribution in [1.82, 2.24) is 5.32 Å². The van der Waals surface area contributed by atoms with Crippen LogP contribution >= 0.6 is 11.6 Å². The first-order valence-corrected chi connectivity index (χ1v) is 4.79. The number of carbonyl (C=O) groups is 1. The normalized spacial score (nSPS) is 11.3. The van der Waals surface area contributed by atoms with Gasteiger partial charge in [0.15, 0.2) is 0 Å². The van der Waals surface area contributed by atoms with Crippen molar-refractivity contribution in [1.29, 1.82) is 0 Å².